The maximum absolute atomic E-state index is 3.40. The zero-order valence-corrected chi connectivity index (χ0v) is 8.47. The molecule has 1 aliphatic carbocycles. The predicted octanol–water partition coefficient (Wildman–Crippen LogP) is 3.76. The molecule has 1 aromatic heterocycles. The summed E-state index contributed by atoms with van der Waals surface area (Å²) in [5.74, 6) is 0.817. The van der Waals surface area contributed by atoms with Crippen molar-refractivity contribution in [1.29, 1.82) is 0 Å². The lowest BCUT2D eigenvalue weighted by molar-refractivity contribution is 0.578. The van der Waals surface area contributed by atoms with E-state index in [2.05, 4.69) is 24.2 Å². The minimum Gasteiger partial charge on any atom is -0.365 e. The summed E-state index contributed by atoms with van der Waals surface area (Å²) < 4.78 is 0. The summed E-state index contributed by atoms with van der Waals surface area (Å²) in [6.45, 7) is 2.22. The van der Waals surface area contributed by atoms with Gasteiger partial charge in [-0.1, -0.05) is 25.7 Å². The highest BCUT2D eigenvalue weighted by atomic mass is 14.7. The van der Waals surface area contributed by atoms with Crippen LogP contribution in [0.5, 0.6) is 0 Å². The van der Waals surface area contributed by atoms with E-state index in [1.165, 1.54) is 49.8 Å². The SMILES string of the molecule is Cc1cc[nH]c1C1CCCCCC1. The number of nitrogens with one attached hydrogen (secondary N) is 1. The molecule has 1 heteroatoms. The van der Waals surface area contributed by atoms with Crippen molar-refractivity contribution in [3.8, 4) is 0 Å². The molecule has 0 spiro atoms. The number of aromatic nitrogens is 1. The maximum Gasteiger partial charge on any atom is 0.0208 e. The third-order valence-corrected chi connectivity index (χ3v) is 3.26. The molecule has 1 N–H and O–H groups in total. The molecule has 0 atom stereocenters. The van der Waals surface area contributed by atoms with E-state index in [1.54, 1.807) is 0 Å². The summed E-state index contributed by atoms with van der Waals surface area (Å²) in [4.78, 5) is 3.40. The molecule has 0 bridgehead atoms. The first-order valence-electron chi connectivity index (χ1n) is 5.52. The normalized spacial score (nSPS) is 20.1. The molecule has 0 unspecified atom stereocenters. The first-order valence-corrected chi connectivity index (χ1v) is 5.52. The van der Waals surface area contributed by atoms with Crippen LogP contribution >= 0.6 is 0 Å². The first kappa shape index (κ1) is 8.86. The van der Waals surface area contributed by atoms with Crippen LogP contribution in [0.1, 0.15) is 55.7 Å². The topological polar surface area (TPSA) is 15.8 Å². The Labute approximate surface area is 80.6 Å². The zero-order valence-electron chi connectivity index (χ0n) is 8.47. The van der Waals surface area contributed by atoms with Crippen molar-refractivity contribution >= 4 is 0 Å². The van der Waals surface area contributed by atoms with Crippen molar-refractivity contribution < 1.29 is 0 Å². The van der Waals surface area contributed by atoms with Gasteiger partial charge in [0, 0.05) is 11.9 Å². The van der Waals surface area contributed by atoms with Crippen LogP contribution in [0.2, 0.25) is 0 Å². The second kappa shape index (κ2) is 3.99. The van der Waals surface area contributed by atoms with Gasteiger partial charge in [0.25, 0.3) is 0 Å². The lowest BCUT2D eigenvalue weighted by atomic mass is 9.94. The van der Waals surface area contributed by atoms with Crippen LogP contribution in [0.4, 0.5) is 0 Å². The average Bonchev–Trinajstić information content (AvgIpc) is 2.43. The smallest absolute Gasteiger partial charge is 0.0208 e. The van der Waals surface area contributed by atoms with Gasteiger partial charge in [-0.2, -0.15) is 0 Å². The molecule has 0 radical (unpaired) electrons. The lowest BCUT2D eigenvalue weighted by Crippen LogP contribution is -1.99. The minimum absolute atomic E-state index is 0.817. The third-order valence-electron chi connectivity index (χ3n) is 3.26. The minimum atomic E-state index is 0.817. The summed E-state index contributed by atoms with van der Waals surface area (Å²) in [5, 5.41) is 0. The van der Waals surface area contributed by atoms with Gasteiger partial charge in [0.2, 0.25) is 0 Å². The number of aromatic amines is 1. The van der Waals surface area contributed by atoms with Crippen LogP contribution in [0.25, 0.3) is 0 Å². The molecule has 2 rings (SSSR count). The number of hydrogen-bond donors (Lipinski definition) is 1. The van der Waals surface area contributed by atoms with Crippen LogP contribution < -0.4 is 0 Å². The molecule has 1 aliphatic rings. The lowest BCUT2D eigenvalue weighted by Gasteiger charge is -2.13. The van der Waals surface area contributed by atoms with Gasteiger partial charge in [0.05, 0.1) is 0 Å². The summed E-state index contributed by atoms with van der Waals surface area (Å²) in [6.07, 6.45) is 10.6. The van der Waals surface area contributed by atoms with Crippen LogP contribution in [-0.4, -0.2) is 4.98 Å². The van der Waals surface area contributed by atoms with Crippen molar-refractivity contribution in [3.63, 3.8) is 0 Å². The standard InChI is InChI=1S/C12H19N/c1-10-8-9-13-12(10)11-6-4-2-3-5-7-11/h8-9,11,13H,2-7H2,1H3. The molecule has 1 saturated carbocycles. The molecule has 1 aromatic rings. The second-order valence-corrected chi connectivity index (χ2v) is 4.26. The zero-order chi connectivity index (χ0) is 9.10. The average molecular weight is 177 g/mol. The molecule has 0 saturated heterocycles. The van der Waals surface area contributed by atoms with Gasteiger partial charge in [-0.3, -0.25) is 0 Å². The second-order valence-electron chi connectivity index (χ2n) is 4.26. The van der Waals surface area contributed by atoms with E-state index < -0.39 is 0 Å². The molecular weight excluding hydrogens is 158 g/mol. The van der Waals surface area contributed by atoms with Gasteiger partial charge in [-0.15, -0.1) is 0 Å². The Morgan fingerprint density at radius 3 is 2.38 bits per heavy atom. The Morgan fingerprint density at radius 1 is 1.15 bits per heavy atom. The molecule has 0 amide bonds. The van der Waals surface area contributed by atoms with E-state index in [0.29, 0.717) is 0 Å². The van der Waals surface area contributed by atoms with Gasteiger partial charge in [0.1, 0.15) is 0 Å². The quantitative estimate of drug-likeness (QED) is 0.629. The van der Waals surface area contributed by atoms with Crippen LogP contribution in [0.15, 0.2) is 12.3 Å². The molecule has 0 aromatic carbocycles. The van der Waals surface area contributed by atoms with Crippen molar-refractivity contribution in [3.05, 3.63) is 23.5 Å². The number of H-pyrrole nitrogens is 1. The van der Waals surface area contributed by atoms with Gasteiger partial charge >= 0.3 is 0 Å². The monoisotopic (exact) mass is 177 g/mol. The summed E-state index contributed by atoms with van der Waals surface area (Å²) >= 11 is 0. The van der Waals surface area contributed by atoms with E-state index in [9.17, 15) is 0 Å². The van der Waals surface area contributed by atoms with Crippen molar-refractivity contribution in [2.75, 3.05) is 0 Å². The van der Waals surface area contributed by atoms with E-state index >= 15 is 0 Å². The Hall–Kier alpha value is -0.720. The summed E-state index contributed by atoms with van der Waals surface area (Å²) in [6, 6.07) is 2.19. The number of aryl methyl sites for hydroxylation is 1. The fourth-order valence-electron chi connectivity index (χ4n) is 2.47. The van der Waals surface area contributed by atoms with Gasteiger partial charge in [-0.05, 0) is 37.3 Å². The van der Waals surface area contributed by atoms with Crippen molar-refractivity contribution in [2.24, 2.45) is 0 Å². The van der Waals surface area contributed by atoms with E-state index in [-0.39, 0.29) is 0 Å². The Bertz CT molecular complexity index is 254. The fourth-order valence-corrected chi connectivity index (χ4v) is 2.47. The molecule has 1 fully saturated rings. The highest BCUT2D eigenvalue weighted by Gasteiger charge is 2.16. The molecule has 13 heavy (non-hydrogen) atoms. The number of hydrogen-bond acceptors (Lipinski definition) is 0. The van der Waals surface area contributed by atoms with Crippen LogP contribution in [0, 0.1) is 6.92 Å². The van der Waals surface area contributed by atoms with Crippen molar-refractivity contribution in [2.45, 2.75) is 51.4 Å². The molecule has 0 aliphatic heterocycles. The molecule has 1 nitrogen and oxygen atoms in total. The number of rotatable bonds is 1. The van der Waals surface area contributed by atoms with E-state index in [1.807, 2.05) is 0 Å². The summed E-state index contributed by atoms with van der Waals surface area (Å²) in [7, 11) is 0. The highest BCUT2D eigenvalue weighted by molar-refractivity contribution is 5.22. The van der Waals surface area contributed by atoms with Crippen molar-refractivity contribution in [1.82, 2.24) is 4.98 Å². The summed E-state index contributed by atoms with van der Waals surface area (Å²) in [5.41, 5.74) is 2.95. The molecular formula is C12H19N. The van der Waals surface area contributed by atoms with Gasteiger partial charge in [0.15, 0.2) is 0 Å². The van der Waals surface area contributed by atoms with Gasteiger partial charge in [-0.25, -0.2) is 0 Å². The maximum atomic E-state index is 3.40. The van der Waals surface area contributed by atoms with Gasteiger partial charge < -0.3 is 4.98 Å². The Morgan fingerprint density at radius 2 is 1.85 bits per heavy atom. The fraction of sp³-hybridized carbons (Fsp3) is 0.667. The largest absolute Gasteiger partial charge is 0.365 e. The van der Waals surface area contributed by atoms with E-state index in [0.717, 1.165) is 5.92 Å². The predicted molar refractivity (Wildman–Crippen MR) is 56.0 cm³/mol. The Balaban J connectivity index is 2.10. The first-order chi connectivity index (χ1) is 6.38. The third kappa shape index (κ3) is 1.96. The Kier molecular flexibility index (Phi) is 2.72. The van der Waals surface area contributed by atoms with Crippen LogP contribution in [0.3, 0.4) is 0 Å². The molecule has 1 heterocycles. The molecule has 72 valence electrons. The van der Waals surface area contributed by atoms with E-state index in [4.69, 9.17) is 0 Å². The van der Waals surface area contributed by atoms with Crippen LogP contribution in [-0.2, 0) is 0 Å². The highest BCUT2D eigenvalue weighted by Crippen LogP contribution is 2.32.